The molecule has 0 radical (unpaired) electrons. The van der Waals surface area contributed by atoms with Gasteiger partial charge in [0, 0.05) is 12.1 Å². The molecule has 1 fully saturated rings. The molecule has 0 aromatic carbocycles. The van der Waals surface area contributed by atoms with Crippen LogP contribution in [0.3, 0.4) is 0 Å². The van der Waals surface area contributed by atoms with E-state index in [0.29, 0.717) is 12.1 Å². The lowest BCUT2D eigenvalue weighted by Crippen LogP contribution is -2.44. The van der Waals surface area contributed by atoms with E-state index in [2.05, 4.69) is 25.3 Å². The van der Waals surface area contributed by atoms with Gasteiger partial charge < -0.3 is 5.11 Å². The first kappa shape index (κ1) is 13.2. The molecule has 1 aliphatic heterocycles. The van der Waals surface area contributed by atoms with Crippen LogP contribution in [0.2, 0.25) is 0 Å². The molecule has 92 valence electrons. The molecule has 0 aliphatic carbocycles. The molecule has 0 aromatic rings. The number of rotatable bonds is 5. The lowest BCUT2D eigenvalue weighted by atomic mass is 9.94. The van der Waals surface area contributed by atoms with Crippen molar-refractivity contribution in [3.8, 4) is 0 Å². The zero-order valence-electron chi connectivity index (χ0n) is 10.4. The fraction of sp³-hybridized carbons (Fsp3) is 0.769. The Labute approximate surface area is 98.1 Å². The Morgan fingerprint density at radius 2 is 2.19 bits per heavy atom. The van der Waals surface area contributed by atoms with Crippen molar-refractivity contribution < 1.29 is 9.90 Å². The van der Waals surface area contributed by atoms with Gasteiger partial charge in [-0.25, -0.2) is 0 Å². The maximum absolute atomic E-state index is 10.6. The van der Waals surface area contributed by atoms with Gasteiger partial charge in [0.25, 0.3) is 0 Å². The number of nitrogens with zero attached hydrogens (tertiary/aromatic N) is 1. The number of carbonyl (C=O) groups is 1. The minimum atomic E-state index is -0.767. The smallest absolute Gasteiger partial charge is 0.307 e. The molecule has 1 unspecified atom stereocenters. The fourth-order valence-corrected chi connectivity index (χ4v) is 2.54. The maximum atomic E-state index is 10.6. The summed E-state index contributed by atoms with van der Waals surface area (Å²) in [6.45, 7) is 9.43. The monoisotopic (exact) mass is 225 g/mol. The maximum Gasteiger partial charge on any atom is 0.307 e. The van der Waals surface area contributed by atoms with E-state index in [4.69, 9.17) is 5.11 Å². The Hall–Kier alpha value is -0.830. The van der Waals surface area contributed by atoms with Gasteiger partial charge in [0.05, 0.1) is 6.42 Å². The highest BCUT2D eigenvalue weighted by molar-refractivity contribution is 5.69. The zero-order valence-corrected chi connectivity index (χ0v) is 10.4. The Kier molecular flexibility index (Phi) is 5.00. The van der Waals surface area contributed by atoms with E-state index < -0.39 is 5.97 Å². The molecule has 3 heteroatoms. The largest absolute Gasteiger partial charge is 0.481 e. The number of piperidine rings is 1. The summed E-state index contributed by atoms with van der Waals surface area (Å²) < 4.78 is 0. The number of aliphatic carboxylic acids is 1. The summed E-state index contributed by atoms with van der Waals surface area (Å²) >= 11 is 0. The Morgan fingerprint density at radius 3 is 2.75 bits per heavy atom. The van der Waals surface area contributed by atoms with Crippen LogP contribution >= 0.6 is 0 Å². The first-order chi connectivity index (χ1) is 7.50. The average Bonchev–Trinajstić information content (AvgIpc) is 2.16. The highest BCUT2D eigenvalue weighted by atomic mass is 16.4. The van der Waals surface area contributed by atoms with Crippen LogP contribution in [0.4, 0.5) is 0 Å². The molecule has 0 bridgehead atoms. The molecule has 3 nitrogen and oxygen atoms in total. The second-order valence-electron chi connectivity index (χ2n) is 5.01. The van der Waals surface area contributed by atoms with Crippen molar-refractivity contribution in [3.63, 3.8) is 0 Å². The third-order valence-electron chi connectivity index (χ3n) is 3.26. The van der Waals surface area contributed by atoms with Crippen molar-refractivity contribution in [1.82, 2.24) is 4.90 Å². The molecular weight excluding hydrogens is 202 g/mol. The standard InChI is InChI=1S/C13H23NO2/c1-10(2)14-7-5-4-6-12(14)8-11(3)9-13(15)16/h10,12H,3-9H2,1-2H3,(H,15,16). The molecule has 16 heavy (non-hydrogen) atoms. The van der Waals surface area contributed by atoms with Crippen molar-refractivity contribution in [3.05, 3.63) is 12.2 Å². The van der Waals surface area contributed by atoms with Crippen molar-refractivity contribution >= 4 is 5.97 Å². The van der Waals surface area contributed by atoms with E-state index in [-0.39, 0.29) is 6.42 Å². The van der Waals surface area contributed by atoms with E-state index in [0.717, 1.165) is 18.5 Å². The summed E-state index contributed by atoms with van der Waals surface area (Å²) in [5, 5.41) is 8.71. The van der Waals surface area contributed by atoms with Crippen molar-refractivity contribution in [2.75, 3.05) is 6.54 Å². The predicted octanol–water partition coefficient (Wildman–Crippen LogP) is 2.67. The van der Waals surface area contributed by atoms with Crippen LogP contribution < -0.4 is 0 Å². The molecule has 1 heterocycles. The number of likely N-dealkylation sites (tertiary alicyclic amines) is 1. The number of hydrogen-bond donors (Lipinski definition) is 1. The number of carboxylic acids is 1. The molecule has 1 rings (SSSR count). The van der Waals surface area contributed by atoms with Crippen molar-refractivity contribution in [2.24, 2.45) is 0 Å². The summed E-state index contributed by atoms with van der Waals surface area (Å²) in [6.07, 6.45) is 4.65. The van der Waals surface area contributed by atoms with Crippen LogP contribution in [0.5, 0.6) is 0 Å². The van der Waals surface area contributed by atoms with E-state index in [9.17, 15) is 4.79 Å². The van der Waals surface area contributed by atoms with E-state index in [1.807, 2.05) is 0 Å². The van der Waals surface area contributed by atoms with Gasteiger partial charge in [-0.15, -0.1) is 0 Å². The van der Waals surface area contributed by atoms with Gasteiger partial charge >= 0.3 is 5.97 Å². The third-order valence-corrected chi connectivity index (χ3v) is 3.26. The average molecular weight is 225 g/mol. The first-order valence-electron chi connectivity index (χ1n) is 6.15. The lowest BCUT2D eigenvalue weighted by molar-refractivity contribution is -0.136. The summed E-state index contributed by atoms with van der Waals surface area (Å²) in [7, 11) is 0. The predicted molar refractivity (Wildman–Crippen MR) is 65.5 cm³/mol. The van der Waals surface area contributed by atoms with Crippen LogP contribution in [0.1, 0.15) is 46.0 Å². The molecule has 0 amide bonds. The summed E-state index contributed by atoms with van der Waals surface area (Å²) in [6, 6.07) is 1.04. The molecular formula is C13H23NO2. The molecule has 0 saturated carbocycles. The minimum absolute atomic E-state index is 0.114. The molecule has 0 spiro atoms. The van der Waals surface area contributed by atoms with Crippen LogP contribution in [0, 0.1) is 0 Å². The summed E-state index contributed by atoms with van der Waals surface area (Å²) in [5.74, 6) is -0.767. The minimum Gasteiger partial charge on any atom is -0.481 e. The fourth-order valence-electron chi connectivity index (χ4n) is 2.54. The Bertz CT molecular complexity index is 261. The van der Waals surface area contributed by atoms with E-state index in [1.165, 1.54) is 19.3 Å². The van der Waals surface area contributed by atoms with Gasteiger partial charge in [-0.1, -0.05) is 18.6 Å². The SMILES string of the molecule is C=C(CC(=O)O)CC1CCCCN1C(C)C. The highest BCUT2D eigenvalue weighted by Gasteiger charge is 2.24. The van der Waals surface area contributed by atoms with Crippen LogP contribution in [0.15, 0.2) is 12.2 Å². The summed E-state index contributed by atoms with van der Waals surface area (Å²) in [5.41, 5.74) is 0.852. The van der Waals surface area contributed by atoms with Crippen LogP contribution in [0.25, 0.3) is 0 Å². The molecule has 1 atom stereocenters. The van der Waals surface area contributed by atoms with E-state index >= 15 is 0 Å². The quantitative estimate of drug-likeness (QED) is 0.731. The van der Waals surface area contributed by atoms with Gasteiger partial charge in [-0.3, -0.25) is 9.69 Å². The van der Waals surface area contributed by atoms with Gasteiger partial charge in [0.15, 0.2) is 0 Å². The second-order valence-corrected chi connectivity index (χ2v) is 5.01. The van der Waals surface area contributed by atoms with Gasteiger partial charge in [0.2, 0.25) is 0 Å². The molecule has 1 aliphatic rings. The van der Waals surface area contributed by atoms with Crippen LogP contribution in [-0.4, -0.2) is 34.6 Å². The Morgan fingerprint density at radius 1 is 1.50 bits per heavy atom. The lowest BCUT2D eigenvalue weighted by Gasteiger charge is -2.39. The zero-order chi connectivity index (χ0) is 12.1. The third kappa shape index (κ3) is 3.97. The highest BCUT2D eigenvalue weighted by Crippen LogP contribution is 2.25. The molecule has 1 N–H and O–H groups in total. The Balaban J connectivity index is 2.49. The summed E-state index contributed by atoms with van der Waals surface area (Å²) in [4.78, 5) is 13.1. The normalized spacial score (nSPS) is 22.3. The number of carboxylic acid groups (broad SMARTS) is 1. The number of hydrogen-bond acceptors (Lipinski definition) is 2. The van der Waals surface area contributed by atoms with Crippen molar-refractivity contribution in [2.45, 2.75) is 58.0 Å². The van der Waals surface area contributed by atoms with Gasteiger partial charge in [-0.05, 0) is 39.7 Å². The molecule has 1 saturated heterocycles. The van der Waals surface area contributed by atoms with Crippen molar-refractivity contribution in [1.29, 1.82) is 0 Å². The topological polar surface area (TPSA) is 40.5 Å². The van der Waals surface area contributed by atoms with Crippen LogP contribution in [-0.2, 0) is 4.79 Å². The second kappa shape index (κ2) is 6.04. The van der Waals surface area contributed by atoms with E-state index in [1.54, 1.807) is 0 Å². The molecule has 0 aromatic heterocycles. The van der Waals surface area contributed by atoms with Gasteiger partial charge in [0.1, 0.15) is 0 Å². The first-order valence-corrected chi connectivity index (χ1v) is 6.15. The van der Waals surface area contributed by atoms with Gasteiger partial charge in [-0.2, -0.15) is 0 Å².